The summed E-state index contributed by atoms with van der Waals surface area (Å²) in [5.41, 5.74) is -6.06. The first kappa shape index (κ1) is 25.3. The fraction of sp³-hybridized carbons (Fsp3) is 0.923. The van der Waals surface area contributed by atoms with Crippen LogP contribution in [0.3, 0.4) is 0 Å². The van der Waals surface area contributed by atoms with E-state index in [2.05, 4.69) is 13.8 Å². The van der Waals surface area contributed by atoms with Gasteiger partial charge in [-0.05, 0) is 104 Å². The number of rotatable bonds is 2. The summed E-state index contributed by atoms with van der Waals surface area (Å²) in [6, 6.07) is 0. The van der Waals surface area contributed by atoms with E-state index in [4.69, 9.17) is 16.8 Å². The summed E-state index contributed by atoms with van der Waals surface area (Å²) < 4.78 is 67.7. The Labute approximate surface area is 208 Å². The first-order valence-electron chi connectivity index (χ1n) is 13.0. The van der Waals surface area contributed by atoms with E-state index in [1.807, 2.05) is 13.8 Å². The van der Waals surface area contributed by atoms with Crippen LogP contribution in [0.5, 0.6) is 0 Å². The van der Waals surface area contributed by atoms with Crippen LogP contribution < -0.4 is 0 Å². The van der Waals surface area contributed by atoms with Gasteiger partial charge in [-0.3, -0.25) is 0 Å². The molecule has 5 aliphatic rings. The maximum atomic E-state index is 13.1. The van der Waals surface area contributed by atoms with Gasteiger partial charge in [0.2, 0.25) is 0 Å². The van der Waals surface area contributed by atoms with Crippen LogP contribution in [0.25, 0.3) is 0 Å². The quantitative estimate of drug-likeness (QED) is 0.233. The van der Waals surface area contributed by atoms with Gasteiger partial charge in [0.15, 0.2) is 0 Å². The zero-order valence-corrected chi connectivity index (χ0v) is 22.5. The number of hydrogen-bond donors (Lipinski definition) is 1. The highest BCUT2D eigenvalue weighted by Crippen LogP contribution is 2.72. The smallest absolute Gasteiger partial charge is 0.380 e. The minimum atomic E-state index is -5.67. The molecule has 5 aliphatic carbocycles. The van der Waals surface area contributed by atoms with Crippen molar-refractivity contribution in [3.63, 3.8) is 0 Å². The van der Waals surface area contributed by atoms with E-state index >= 15 is 0 Å². The predicted octanol–water partition coefficient (Wildman–Crippen LogP) is 7.49. The van der Waals surface area contributed by atoms with Crippen molar-refractivity contribution in [1.82, 2.24) is 0 Å². The van der Waals surface area contributed by atoms with Crippen LogP contribution in [0.4, 0.5) is 13.2 Å². The van der Waals surface area contributed by atoms with E-state index in [0.29, 0.717) is 24.2 Å². The molecule has 3 nitrogen and oxygen atoms in total. The van der Waals surface area contributed by atoms with Gasteiger partial charge in [-0.1, -0.05) is 34.1 Å². The Morgan fingerprint density at radius 1 is 0.912 bits per heavy atom. The Balaban J connectivity index is 1.46. The monoisotopic (exact) mass is 520 g/mol. The maximum Gasteiger partial charge on any atom is 0.534 e. The lowest BCUT2D eigenvalue weighted by Crippen LogP contribution is -2.61. The van der Waals surface area contributed by atoms with Gasteiger partial charge < -0.3 is 4.18 Å². The third-order valence-corrected chi connectivity index (χ3v) is 13.2. The fourth-order valence-corrected chi connectivity index (χ4v) is 11.3. The minimum absolute atomic E-state index is 0.0342. The van der Waals surface area contributed by atoms with Crippen LogP contribution in [0.1, 0.15) is 91.9 Å². The van der Waals surface area contributed by atoms with Crippen molar-refractivity contribution in [3.05, 3.63) is 11.8 Å². The molecule has 4 fully saturated rings. The summed E-state index contributed by atoms with van der Waals surface area (Å²) in [5.74, 6) is 2.66. The maximum absolute atomic E-state index is 13.1. The molecule has 0 saturated heterocycles. The second kappa shape index (κ2) is 7.58. The van der Waals surface area contributed by atoms with Gasteiger partial charge in [0.05, 0.1) is 0 Å². The van der Waals surface area contributed by atoms with Crippen LogP contribution in [0.2, 0.25) is 0 Å². The average molecular weight is 521 g/mol. The average Bonchev–Trinajstić information content (AvgIpc) is 3.11. The van der Waals surface area contributed by atoms with E-state index in [9.17, 15) is 21.6 Å². The fourth-order valence-electron chi connectivity index (χ4n) is 10.1. The highest BCUT2D eigenvalue weighted by atomic mass is 32.2. The van der Waals surface area contributed by atoms with Gasteiger partial charge in [-0.25, -0.2) is 0 Å². The zero-order chi connectivity index (χ0) is 24.9. The molecule has 0 aliphatic heterocycles. The van der Waals surface area contributed by atoms with E-state index in [1.165, 1.54) is 38.5 Å². The molecule has 0 spiro atoms. The molecule has 0 heterocycles. The Morgan fingerprint density at radius 2 is 1.62 bits per heavy atom. The Hall–Kier alpha value is -0.370. The second-order valence-electron chi connectivity index (χ2n) is 13.1. The van der Waals surface area contributed by atoms with Gasteiger partial charge >= 0.3 is 15.6 Å². The molecule has 5 rings (SSSR count). The third-order valence-electron chi connectivity index (χ3n) is 11.4. The van der Waals surface area contributed by atoms with Gasteiger partial charge in [-0.2, -0.15) is 34.2 Å². The topological polar surface area (TPSA) is 43.4 Å². The molecule has 0 aromatic carbocycles. The minimum Gasteiger partial charge on any atom is -0.380 e. The Bertz CT molecular complexity index is 990. The van der Waals surface area contributed by atoms with Crippen molar-refractivity contribution in [1.29, 1.82) is 0 Å². The molecule has 0 aromatic rings. The van der Waals surface area contributed by atoms with E-state index < -0.39 is 21.0 Å². The molecular formula is C26H39F3O3S2. The predicted molar refractivity (Wildman–Crippen MR) is 129 cm³/mol. The van der Waals surface area contributed by atoms with Crippen LogP contribution in [0, 0.1) is 45.8 Å². The van der Waals surface area contributed by atoms with Crippen molar-refractivity contribution in [2.45, 2.75) is 102 Å². The molecule has 8 heteroatoms. The van der Waals surface area contributed by atoms with Gasteiger partial charge in [-0.15, -0.1) is 0 Å². The van der Waals surface area contributed by atoms with Crippen LogP contribution >= 0.6 is 12.6 Å². The zero-order valence-electron chi connectivity index (χ0n) is 20.7. The normalized spacial score (nSPS) is 48.1. The summed E-state index contributed by atoms with van der Waals surface area (Å²) in [5, 5.41) is 0. The molecule has 8 atom stereocenters. The number of fused-ring (bicyclic) bond motifs is 7. The molecule has 0 N–H and O–H groups in total. The standard InChI is InChI=1S/C26H39F3O3S2/c1-22(2)19-10-13-23(3)17-9-15-25(33)12-5-6-18(25)16(17)7-8-20(23)24(19,4)14-11-21(22)32-34(30,31)26(27,28)29/h11,16-20,33H,5-10,12-15H2,1-4H3/t16?,17?,18-,19?,20?,23?,24?,25?/m1/s1. The summed E-state index contributed by atoms with van der Waals surface area (Å²) in [6.07, 6.45) is 12.8. The molecule has 7 unspecified atom stereocenters. The lowest BCUT2D eigenvalue weighted by Gasteiger charge is -2.68. The summed E-state index contributed by atoms with van der Waals surface area (Å²) >= 11 is 5.20. The molecule has 34 heavy (non-hydrogen) atoms. The summed E-state index contributed by atoms with van der Waals surface area (Å²) in [6.45, 7) is 8.55. The SMILES string of the molecule is CC1(C)C(OS(=O)(=O)C(F)(F)F)=CCC2(C)C1CCC1(C)C3CCC4(S)CCC[C@@H]4C3CCC12. The number of thiol groups is 1. The van der Waals surface area contributed by atoms with E-state index in [-0.39, 0.29) is 27.3 Å². The first-order chi connectivity index (χ1) is 15.6. The molecule has 194 valence electrons. The Morgan fingerprint density at radius 3 is 2.29 bits per heavy atom. The molecule has 0 bridgehead atoms. The van der Waals surface area contributed by atoms with Crippen molar-refractivity contribution in [3.8, 4) is 0 Å². The van der Waals surface area contributed by atoms with Crippen molar-refractivity contribution in [2.24, 2.45) is 45.8 Å². The lowest BCUT2D eigenvalue weighted by atomic mass is 9.37. The van der Waals surface area contributed by atoms with E-state index in [1.54, 1.807) is 6.08 Å². The number of alkyl halides is 3. The molecule has 0 radical (unpaired) electrons. The van der Waals surface area contributed by atoms with Gasteiger partial charge in [0.1, 0.15) is 5.76 Å². The first-order valence-corrected chi connectivity index (χ1v) is 14.9. The van der Waals surface area contributed by atoms with Crippen molar-refractivity contribution >= 4 is 22.7 Å². The highest BCUT2D eigenvalue weighted by Gasteiger charge is 2.65. The molecule has 4 saturated carbocycles. The second-order valence-corrected chi connectivity index (χ2v) is 15.6. The third kappa shape index (κ3) is 3.39. The summed E-state index contributed by atoms with van der Waals surface area (Å²) in [4.78, 5) is 0. The van der Waals surface area contributed by atoms with E-state index in [0.717, 1.165) is 25.2 Å². The van der Waals surface area contributed by atoms with Crippen molar-refractivity contribution in [2.75, 3.05) is 0 Å². The number of halogens is 3. The largest absolute Gasteiger partial charge is 0.534 e. The number of allylic oxidation sites excluding steroid dienone is 2. The van der Waals surface area contributed by atoms with Crippen LogP contribution in [-0.2, 0) is 14.3 Å². The molecule has 0 aromatic heterocycles. The van der Waals surface area contributed by atoms with Crippen molar-refractivity contribution < 1.29 is 25.8 Å². The lowest BCUT2D eigenvalue weighted by molar-refractivity contribution is -0.174. The number of hydrogen-bond acceptors (Lipinski definition) is 4. The Kier molecular flexibility index (Phi) is 5.64. The summed E-state index contributed by atoms with van der Waals surface area (Å²) in [7, 11) is -5.67. The van der Waals surface area contributed by atoms with Gasteiger partial charge in [0.25, 0.3) is 0 Å². The highest BCUT2D eigenvalue weighted by molar-refractivity contribution is 7.87. The van der Waals surface area contributed by atoms with Gasteiger partial charge in [0, 0.05) is 10.2 Å². The molecule has 0 amide bonds. The molecular weight excluding hydrogens is 481 g/mol. The van der Waals surface area contributed by atoms with Crippen LogP contribution in [-0.4, -0.2) is 18.7 Å². The van der Waals surface area contributed by atoms with Crippen LogP contribution in [0.15, 0.2) is 11.8 Å².